The molecule has 0 saturated heterocycles. The molecule has 94 valence electrons. The fourth-order valence-corrected chi connectivity index (χ4v) is 2.03. The molecule has 2 aromatic rings. The molecule has 1 N–H and O–H groups in total. The van der Waals surface area contributed by atoms with E-state index in [4.69, 9.17) is 0 Å². The minimum atomic E-state index is -0.575. The van der Waals surface area contributed by atoms with Crippen LogP contribution in [0.1, 0.15) is 48.1 Å². The fourth-order valence-electron chi connectivity index (χ4n) is 2.03. The number of aliphatic hydroxyl groups excluding tert-OH is 1. The molecular weight excluding hydrogens is 222 g/mol. The molecule has 18 heavy (non-hydrogen) atoms. The summed E-state index contributed by atoms with van der Waals surface area (Å²) >= 11 is 0. The number of rotatable bonds is 3. The largest absolute Gasteiger partial charge is 0.384 e. The smallest absolute Gasteiger partial charge is 0.104 e. The van der Waals surface area contributed by atoms with Crippen LogP contribution in [0.3, 0.4) is 0 Å². The monoisotopic (exact) mass is 241 g/mol. The van der Waals surface area contributed by atoms with Gasteiger partial charge in [0.2, 0.25) is 0 Å². The number of pyridine rings is 1. The number of nitrogens with zero attached hydrogens (tertiary/aromatic N) is 1. The Morgan fingerprint density at radius 2 is 1.61 bits per heavy atom. The molecule has 1 heterocycles. The topological polar surface area (TPSA) is 33.1 Å². The van der Waals surface area contributed by atoms with Gasteiger partial charge in [0.15, 0.2) is 0 Å². The van der Waals surface area contributed by atoms with E-state index in [-0.39, 0.29) is 0 Å². The predicted octanol–water partition coefficient (Wildman–Crippen LogP) is 3.60. The van der Waals surface area contributed by atoms with Gasteiger partial charge in [-0.25, -0.2) is 0 Å². The third-order valence-electron chi connectivity index (χ3n) is 3.28. The molecule has 0 saturated carbocycles. The molecule has 1 unspecified atom stereocenters. The van der Waals surface area contributed by atoms with E-state index >= 15 is 0 Å². The van der Waals surface area contributed by atoms with E-state index in [1.165, 1.54) is 5.56 Å². The Morgan fingerprint density at radius 3 is 2.17 bits per heavy atom. The number of hydrogen-bond donors (Lipinski definition) is 1. The fraction of sp³-hybridized carbons (Fsp3) is 0.312. The maximum atomic E-state index is 10.4. The number of aliphatic hydroxyl groups is 1. The Morgan fingerprint density at radius 1 is 1.00 bits per heavy atom. The molecule has 1 atom stereocenters. The van der Waals surface area contributed by atoms with Crippen LogP contribution < -0.4 is 0 Å². The highest BCUT2D eigenvalue weighted by Crippen LogP contribution is 2.25. The van der Waals surface area contributed by atoms with Gasteiger partial charge in [-0.2, -0.15) is 0 Å². The quantitative estimate of drug-likeness (QED) is 0.890. The third kappa shape index (κ3) is 2.59. The van der Waals surface area contributed by atoms with E-state index in [2.05, 4.69) is 31.0 Å². The van der Waals surface area contributed by atoms with Crippen molar-refractivity contribution in [2.45, 2.75) is 32.8 Å². The van der Waals surface area contributed by atoms with Gasteiger partial charge in [0.1, 0.15) is 6.10 Å². The molecule has 0 bridgehead atoms. The molecule has 0 spiro atoms. The Kier molecular flexibility index (Phi) is 3.78. The average Bonchev–Trinajstić information content (AvgIpc) is 2.38. The van der Waals surface area contributed by atoms with Gasteiger partial charge in [-0.3, -0.25) is 4.98 Å². The summed E-state index contributed by atoms with van der Waals surface area (Å²) in [6, 6.07) is 10.0. The van der Waals surface area contributed by atoms with Crippen molar-refractivity contribution in [2.24, 2.45) is 0 Å². The van der Waals surface area contributed by atoms with Gasteiger partial charge >= 0.3 is 0 Å². The Hall–Kier alpha value is -1.67. The van der Waals surface area contributed by atoms with E-state index in [1.54, 1.807) is 12.4 Å². The summed E-state index contributed by atoms with van der Waals surface area (Å²) in [6.07, 6.45) is 2.92. The van der Waals surface area contributed by atoms with Crippen molar-refractivity contribution in [3.63, 3.8) is 0 Å². The van der Waals surface area contributed by atoms with Crippen LogP contribution in [0, 0.1) is 6.92 Å². The lowest BCUT2D eigenvalue weighted by atomic mass is 9.96. The molecule has 0 aliphatic heterocycles. The first kappa shape index (κ1) is 12.8. The summed E-state index contributed by atoms with van der Waals surface area (Å²) in [5.74, 6) is 0.513. The summed E-state index contributed by atoms with van der Waals surface area (Å²) in [6.45, 7) is 6.30. The van der Waals surface area contributed by atoms with Gasteiger partial charge < -0.3 is 5.11 Å². The summed E-state index contributed by atoms with van der Waals surface area (Å²) in [4.78, 5) is 4.05. The van der Waals surface area contributed by atoms with Gasteiger partial charge in [0.25, 0.3) is 0 Å². The standard InChI is InChI=1S/C16H19NO/c1-11(2)13-4-6-14(7-5-13)16(18)15-8-9-17-10-12(15)3/h4-11,16,18H,1-3H3. The second-order valence-electron chi connectivity index (χ2n) is 4.96. The van der Waals surface area contributed by atoms with Crippen molar-refractivity contribution in [1.82, 2.24) is 4.98 Å². The Labute approximate surface area is 108 Å². The lowest BCUT2D eigenvalue weighted by molar-refractivity contribution is 0.219. The maximum Gasteiger partial charge on any atom is 0.104 e. The molecule has 1 aromatic heterocycles. The summed E-state index contributed by atoms with van der Waals surface area (Å²) < 4.78 is 0. The molecule has 0 radical (unpaired) electrons. The first-order valence-corrected chi connectivity index (χ1v) is 6.28. The molecule has 2 rings (SSSR count). The van der Waals surface area contributed by atoms with E-state index in [0.29, 0.717) is 5.92 Å². The Bertz CT molecular complexity index is 517. The SMILES string of the molecule is Cc1cnccc1C(O)c1ccc(C(C)C)cc1. The molecule has 0 aliphatic carbocycles. The van der Waals surface area contributed by atoms with Crippen LogP contribution in [-0.4, -0.2) is 10.1 Å². The molecule has 2 heteroatoms. The van der Waals surface area contributed by atoms with Crippen LogP contribution in [-0.2, 0) is 0 Å². The average molecular weight is 241 g/mol. The van der Waals surface area contributed by atoms with Crippen molar-refractivity contribution >= 4 is 0 Å². The van der Waals surface area contributed by atoms with Gasteiger partial charge in [-0.1, -0.05) is 38.1 Å². The second kappa shape index (κ2) is 5.32. The van der Waals surface area contributed by atoms with Crippen molar-refractivity contribution in [3.8, 4) is 0 Å². The van der Waals surface area contributed by atoms with E-state index in [0.717, 1.165) is 16.7 Å². The van der Waals surface area contributed by atoms with Crippen molar-refractivity contribution in [3.05, 3.63) is 65.0 Å². The summed E-state index contributed by atoms with van der Waals surface area (Å²) in [5, 5.41) is 10.4. The van der Waals surface area contributed by atoms with Gasteiger partial charge in [-0.15, -0.1) is 0 Å². The Balaban J connectivity index is 2.29. The summed E-state index contributed by atoms with van der Waals surface area (Å²) in [5.41, 5.74) is 4.14. The highest BCUT2D eigenvalue weighted by molar-refractivity contribution is 5.35. The minimum Gasteiger partial charge on any atom is -0.384 e. The molecular formula is C16H19NO. The molecule has 0 fully saturated rings. The number of hydrogen-bond acceptors (Lipinski definition) is 2. The van der Waals surface area contributed by atoms with Gasteiger partial charge in [0.05, 0.1) is 0 Å². The van der Waals surface area contributed by atoms with E-state index in [1.807, 2.05) is 25.1 Å². The highest BCUT2D eigenvalue weighted by Gasteiger charge is 2.12. The van der Waals surface area contributed by atoms with E-state index < -0.39 is 6.10 Å². The normalized spacial score (nSPS) is 12.7. The lowest BCUT2D eigenvalue weighted by Gasteiger charge is -2.14. The zero-order valence-corrected chi connectivity index (χ0v) is 11.1. The number of aromatic nitrogens is 1. The predicted molar refractivity (Wildman–Crippen MR) is 73.6 cm³/mol. The maximum absolute atomic E-state index is 10.4. The number of benzene rings is 1. The van der Waals surface area contributed by atoms with Gasteiger partial charge in [-0.05, 0) is 41.2 Å². The number of aryl methyl sites for hydroxylation is 1. The van der Waals surface area contributed by atoms with Crippen molar-refractivity contribution < 1.29 is 5.11 Å². The highest BCUT2D eigenvalue weighted by atomic mass is 16.3. The first-order valence-electron chi connectivity index (χ1n) is 6.28. The summed E-state index contributed by atoms with van der Waals surface area (Å²) in [7, 11) is 0. The zero-order valence-electron chi connectivity index (χ0n) is 11.1. The van der Waals surface area contributed by atoms with Crippen molar-refractivity contribution in [2.75, 3.05) is 0 Å². The van der Waals surface area contributed by atoms with Gasteiger partial charge in [0, 0.05) is 12.4 Å². The third-order valence-corrected chi connectivity index (χ3v) is 3.28. The van der Waals surface area contributed by atoms with Crippen LogP contribution in [0.15, 0.2) is 42.7 Å². The molecule has 0 aliphatic rings. The second-order valence-corrected chi connectivity index (χ2v) is 4.96. The molecule has 0 amide bonds. The minimum absolute atomic E-state index is 0.513. The van der Waals surface area contributed by atoms with Crippen LogP contribution in [0.5, 0.6) is 0 Å². The first-order chi connectivity index (χ1) is 8.59. The van der Waals surface area contributed by atoms with E-state index in [9.17, 15) is 5.11 Å². The molecule has 1 aromatic carbocycles. The van der Waals surface area contributed by atoms with Crippen LogP contribution in [0.4, 0.5) is 0 Å². The van der Waals surface area contributed by atoms with Crippen LogP contribution >= 0.6 is 0 Å². The molecule has 2 nitrogen and oxygen atoms in total. The lowest BCUT2D eigenvalue weighted by Crippen LogP contribution is -2.02. The van der Waals surface area contributed by atoms with Crippen molar-refractivity contribution in [1.29, 1.82) is 0 Å². The van der Waals surface area contributed by atoms with Crippen LogP contribution in [0.2, 0.25) is 0 Å². The van der Waals surface area contributed by atoms with Crippen LogP contribution in [0.25, 0.3) is 0 Å². The zero-order chi connectivity index (χ0) is 13.1.